The SMILES string of the molecule is CC(=O)N[C@]1(C(=O)N[C@H](C(N)=O)C(C)C)CCc2c(c3ccccc3n2CC(C)C)C1. The van der Waals surface area contributed by atoms with Crippen LogP contribution in [0.2, 0.25) is 0 Å². The Bertz CT molecular complexity index is 1010. The molecule has 7 nitrogen and oxygen atoms in total. The van der Waals surface area contributed by atoms with E-state index >= 15 is 0 Å². The summed E-state index contributed by atoms with van der Waals surface area (Å²) in [6.45, 7) is 10.4. The van der Waals surface area contributed by atoms with Gasteiger partial charge in [0, 0.05) is 36.5 Å². The molecule has 1 heterocycles. The van der Waals surface area contributed by atoms with E-state index in [-0.39, 0.29) is 17.7 Å². The zero-order valence-corrected chi connectivity index (χ0v) is 19.1. The van der Waals surface area contributed by atoms with Gasteiger partial charge in [-0.05, 0) is 36.3 Å². The third-order valence-electron chi connectivity index (χ3n) is 6.12. The number of amides is 3. The van der Waals surface area contributed by atoms with E-state index in [4.69, 9.17) is 5.73 Å². The van der Waals surface area contributed by atoms with E-state index in [1.54, 1.807) is 0 Å². The van der Waals surface area contributed by atoms with E-state index in [9.17, 15) is 14.4 Å². The first-order valence-electron chi connectivity index (χ1n) is 11.0. The summed E-state index contributed by atoms with van der Waals surface area (Å²) in [7, 11) is 0. The average molecular weight is 427 g/mol. The van der Waals surface area contributed by atoms with Crippen molar-refractivity contribution < 1.29 is 14.4 Å². The third kappa shape index (κ3) is 4.45. The molecular weight excluding hydrogens is 392 g/mol. The van der Waals surface area contributed by atoms with Crippen molar-refractivity contribution in [3.05, 3.63) is 35.5 Å². The van der Waals surface area contributed by atoms with Crippen LogP contribution in [0, 0.1) is 11.8 Å². The van der Waals surface area contributed by atoms with Crippen molar-refractivity contribution in [3.63, 3.8) is 0 Å². The van der Waals surface area contributed by atoms with Crippen LogP contribution in [0.1, 0.15) is 52.3 Å². The lowest BCUT2D eigenvalue weighted by Crippen LogP contribution is -2.64. The number of hydrogen-bond acceptors (Lipinski definition) is 3. The summed E-state index contributed by atoms with van der Waals surface area (Å²) < 4.78 is 2.35. The van der Waals surface area contributed by atoms with Crippen molar-refractivity contribution in [2.45, 2.75) is 72.0 Å². The second-order valence-electron chi connectivity index (χ2n) is 9.48. The highest BCUT2D eigenvalue weighted by atomic mass is 16.2. The number of para-hydroxylation sites is 1. The molecule has 3 rings (SSSR count). The molecule has 1 aromatic heterocycles. The van der Waals surface area contributed by atoms with Crippen LogP contribution in [0.3, 0.4) is 0 Å². The molecule has 31 heavy (non-hydrogen) atoms. The topological polar surface area (TPSA) is 106 Å². The molecule has 0 spiro atoms. The largest absolute Gasteiger partial charge is 0.368 e. The second kappa shape index (κ2) is 8.73. The van der Waals surface area contributed by atoms with Gasteiger partial charge in [-0.2, -0.15) is 0 Å². The Labute approximate surface area is 183 Å². The van der Waals surface area contributed by atoms with E-state index < -0.39 is 17.5 Å². The van der Waals surface area contributed by atoms with Crippen molar-refractivity contribution in [3.8, 4) is 0 Å². The van der Waals surface area contributed by atoms with Crippen LogP contribution in [0.4, 0.5) is 0 Å². The zero-order valence-electron chi connectivity index (χ0n) is 19.1. The normalized spacial score (nSPS) is 19.3. The number of rotatable bonds is 7. The van der Waals surface area contributed by atoms with Crippen LogP contribution in [0.25, 0.3) is 10.9 Å². The molecule has 0 saturated carbocycles. The van der Waals surface area contributed by atoms with Gasteiger partial charge in [-0.3, -0.25) is 14.4 Å². The Morgan fingerprint density at radius 3 is 2.42 bits per heavy atom. The molecule has 0 radical (unpaired) electrons. The minimum atomic E-state index is -1.12. The monoisotopic (exact) mass is 426 g/mol. The fourth-order valence-corrected chi connectivity index (χ4v) is 4.75. The number of benzene rings is 1. The molecule has 1 aliphatic rings. The molecule has 7 heteroatoms. The zero-order chi connectivity index (χ0) is 22.9. The first-order valence-corrected chi connectivity index (χ1v) is 11.0. The van der Waals surface area contributed by atoms with Gasteiger partial charge in [0.25, 0.3) is 0 Å². The first-order chi connectivity index (χ1) is 14.6. The molecule has 1 aromatic carbocycles. The molecule has 168 valence electrons. The van der Waals surface area contributed by atoms with Crippen LogP contribution in [0.5, 0.6) is 0 Å². The van der Waals surface area contributed by atoms with E-state index in [1.165, 1.54) is 12.6 Å². The van der Waals surface area contributed by atoms with Crippen LogP contribution < -0.4 is 16.4 Å². The Morgan fingerprint density at radius 1 is 1.16 bits per heavy atom. The lowest BCUT2D eigenvalue weighted by molar-refractivity contribution is -0.136. The van der Waals surface area contributed by atoms with Crippen LogP contribution in [0.15, 0.2) is 24.3 Å². The summed E-state index contributed by atoms with van der Waals surface area (Å²) >= 11 is 0. The van der Waals surface area contributed by atoms with Crippen LogP contribution in [-0.4, -0.2) is 33.9 Å². The Hall–Kier alpha value is -2.83. The van der Waals surface area contributed by atoms with Crippen molar-refractivity contribution >= 4 is 28.6 Å². The van der Waals surface area contributed by atoms with Gasteiger partial charge in [-0.25, -0.2) is 0 Å². The maximum atomic E-state index is 13.5. The number of hydrogen-bond donors (Lipinski definition) is 3. The predicted octanol–water partition coefficient (Wildman–Crippen LogP) is 2.29. The fraction of sp³-hybridized carbons (Fsp3) is 0.542. The molecule has 0 aliphatic heterocycles. The average Bonchev–Trinajstić information content (AvgIpc) is 2.97. The molecule has 0 bridgehead atoms. The summed E-state index contributed by atoms with van der Waals surface area (Å²) in [6, 6.07) is 7.42. The van der Waals surface area contributed by atoms with Gasteiger partial charge in [0.15, 0.2) is 0 Å². The van der Waals surface area contributed by atoms with Gasteiger partial charge in [0.1, 0.15) is 11.6 Å². The Kier molecular flexibility index (Phi) is 6.43. The van der Waals surface area contributed by atoms with Gasteiger partial charge in [-0.1, -0.05) is 45.9 Å². The van der Waals surface area contributed by atoms with E-state index in [0.29, 0.717) is 25.2 Å². The highest BCUT2D eigenvalue weighted by Gasteiger charge is 2.45. The van der Waals surface area contributed by atoms with Crippen molar-refractivity contribution in [1.29, 1.82) is 0 Å². The van der Waals surface area contributed by atoms with Crippen molar-refractivity contribution in [2.75, 3.05) is 0 Å². The summed E-state index contributed by atoms with van der Waals surface area (Å²) in [5.41, 5.74) is 7.86. The lowest BCUT2D eigenvalue weighted by Gasteiger charge is -2.38. The van der Waals surface area contributed by atoms with E-state index in [0.717, 1.165) is 23.0 Å². The van der Waals surface area contributed by atoms with Gasteiger partial charge in [-0.15, -0.1) is 0 Å². The van der Waals surface area contributed by atoms with Crippen molar-refractivity contribution in [2.24, 2.45) is 17.6 Å². The minimum Gasteiger partial charge on any atom is -0.368 e. The predicted molar refractivity (Wildman–Crippen MR) is 121 cm³/mol. The molecule has 0 unspecified atom stereocenters. The second-order valence-corrected chi connectivity index (χ2v) is 9.48. The number of nitrogens with zero attached hydrogens (tertiary/aromatic N) is 1. The van der Waals surface area contributed by atoms with Gasteiger partial charge < -0.3 is 20.9 Å². The van der Waals surface area contributed by atoms with E-state index in [1.807, 2.05) is 26.0 Å². The van der Waals surface area contributed by atoms with Crippen LogP contribution in [-0.2, 0) is 33.8 Å². The van der Waals surface area contributed by atoms with Gasteiger partial charge >= 0.3 is 0 Å². The summed E-state index contributed by atoms with van der Waals surface area (Å²) in [5, 5.41) is 6.84. The number of aromatic nitrogens is 1. The van der Waals surface area contributed by atoms with Gasteiger partial charge in [0.2, 0.25) is 17.7 Å². The first kappa shape index (κ1) is 22.8. The van der Waals surface area contributed by atoms with Crippen LogP contribution >= 0.6 is 0 Å². The molecule has 2 aromatic rings. The minimum absolute atomic E-state index is 0.150. The summed E-state index contributed by atoms with van der Waals surface area (Å²) in [6.07, 6.45) is 1.50. The molecule has 4 N–H and O–H groups in total. The summed E-state index contributed by atoms with van der Waals surface area (Å²) in [4.78, 5) is 37.5. The molecule has 0 saturated heterocycles. The maximum absolute atomic E-state index is 13.5. The lowest BCUT2D eigenvalue weighted by atomic mass is 9.78. The number of nitrogens with two attached hydrogens (primary N) is 1. The standard InChI is InChI=1S/C24H34N4O3/c1-14(2)13-28-19-9-7-6-8-17(19)18-12-24(27-16(5)29,11-10-20(18)28)23(31)26-21(15(3)4)22(25)30/h6-9,14-15,21H,10-13H2,1-5H3,(H2,25,30)(H,26,31)(H,27,29)/t21-,24+/m0/s1. The quantitative estimate of drug-likeness (QED) is 0.632. The Balaban J connectivity index is 2.06. The fourth-order valence-electron chi connectivity index (χ4n) is 4.75. The molecule has 2 atom stereocenters. The smallest absolute Gasteiger partial charge is 0.246 e. The van der Waals surface area contributed by atoms with E-state index in [2.05, 4.69) is 41.2 Å². The van der Waals surface area contributed by atoms with Crippen molar-refractivity contribution in [1.82, 2.24) is 15.2 Å². The molecule has 1 aliphatic carbocycles. The highest BCUT2D eigenvalue weighted by Crippen LogP contribution is 2.37. The molecule has 3 amide bonds. The highest BCUT2D eigenvalue weighted by molar-refractivity contribution is 5.96. The molecule has 0 fully saturated rings. The third-order valence-corrected chi connectivity index (χ3v) is 6.12. The number of primary amides is 1. The summed E-state index contributed by atoms with van der Waals surface area (Å²) in [5.74, 6) is -0.877. The Morgan fingerprint density at radius 2 is 1.84 bits per heavy atom. The number of carbonyl (C=O) groups is 3. The number of carbonyl (C=O) groups excluding carboxylic acids is 3. The molecular formula is C24H34N4O3. The maximum Gasteiger partial charge on any atom is 0.246 e. The number of fused-ring (bicyclic) bond motifs is 3. The van der Waals surface area contributed by atoms with Gasteiger partial charge in [0.05, 0.1) is 0 Å². The number of nitrogens with one attached hydrogen (secondary N) is 2.